The molecular formula is C22H24N2O5S. The molecule has 0 aromatic heterocycles. The lowest BCUT2D eigenvalue weighted by molar-refractivity contribution is -0.123. The van der Waals surface area contributed by atoms with Gasteiger partial charge in [-0.05, 0) is 48.9 Å². The average Bonchev–Trinajstić information content (AvgIpc) is 2.69. The molecular weight excluding hydrogens is 404 g/mol. The van der Waals surface area contributed by atoms with E-state index in [1.165, 1.54) is 6.26 Å². The van der Waals surface area contributed by atoms with Crippen molar-refractivity contribution in [1.29, 1.82) is 0 Å². The van der Waals surface area contributed by atoms with E-state index in [1.807, 2.05) is 0 Å². The van der Waals surface area contributed by atoms with Gasteiger partial charge in [0.1, 0.15) is 12.6 Å². The summed E-state index contributed by atoms with van der Waals surface area (Å²) in [5.41, 5.74) is 8.15. The Hall–Kier alpha value is -2.99. The highest BCUT2D eigenvalue weighted by Crippen LogP contribution is 2.08. The fourth-order valence-electron chi connectivity index (χ4n) is 2.66. The number of aliphatic hydroxyl groups excluding tert-OH is 1. The van der Waals surface area contributed by atoms with E-state index in [0.717, 1.165) is 5.56 Å². The van der Waals surface area contributed by atoms with Crippen LogP contribution < -0.4 is 11.1 Å². The molecule has 0 aliphatic carbocycles. The molecule has 0 radical (unpaired) electrons. The second-order valence-corrected chi connectivity index (χ2v) is 9.17. The van der Waals surface area contributed by atoms with Crippen LogP contribution in [0.15, 0.2) is 48.5 Å². The summed E-state index contributed by atoms with van der Waals surface area (Å²) in [6.45, 7) is 0.876. The number of ketones is 1. The molecule has 158 valence electrons. The van der Waals surface area contributed by atoms with Crippen molar-refractivity contribution in [3.8, 4) is 11.8 Å². The van der Waals surface area contributed by atoms with E-state index in [1.54, 1.807) is 55.5 Å². The van der Waals surface area contributed by atoms with Gasteiger partial charge in [0.2, 0.25) is 0 Å². The average molecular weight is 429 g/mol. The highest BCUT2D eigenvalue weighted by molar-refractivity contribution is 7.89. The molecule has 0 aliphatic heterocycles. The standard InChI is InChI=1S/C22H24N2O5S/c1-15(23)21(20(26)13-25)24-22(27)19-11-9-17(10-12-19)4-3-16-5-7-18(8-6-16)14-30(2,28)29/h5-12,15,21,25H,13-14,23H2,1-2H3,(H,24,27)/t15-,21+/m1/s1. The smallest absolute Gasteiger partial charge is 0.251 e. The summed E-state index contributed by atoms with van der Waals surface area (Å²) in [5.74, 6) is 4.91. The summed E-state index contributed by atoms with van der Waals surface area (Å²) in [6, 6.07) is 11.9. The van der Waals surface area contributed by atoms with E-state index in [0.29, 0.717) is 16.7 Å². The number of benzene rings is 2. The first-order chi connectivity index (χ1) is 14.1. The first-order valence-electron chi connectivity index (χ1n) is 9.18. The Morgan fingerprint density at radius 2 is 1.53 bits per heavy atom. The molecule has 2 atom stereocenters. The summed E-state index contributed by atoms with van der Waals surface area (Å²) in [7, 11) is -3.08. The SMILES string of the molecule is C[C@@H](N)[C@H](NC(=O)c1ccc(C#Cc2ccc(CS(C)(=O)=O)cc2)cc1)C(=O)CO. The van der Waals surface area contributed by atoms with Crippen molar-refractivity contribution in [2.24, 2.45) is 5.73 Å². The molecule has 7 nitrogen and oxygen atoms in total. The Labute approximate surface area is 176 Å². The van der Waals surface area contributed by atoms with Crippen molar-refractivity contribution in [2.75, 3.05) is 12.9 Å². The topological polar surface area (TPSA) is 127 Å². The zero-order valence-corrected chi connectivity index (χ0v) is 17.6. The predicted octanol–water partition coefficient (Wildman–Crippen LogP) is 0.638. The van der Waals surface area contributed by atoms with Gasteiger partial charge in [0.25, 0.3) is 5.91 Å². The molecule has 0 fully saturated rings. The number of aliphatic hydroxyl groups is 1. The number of nitrogens with one attached hydrogen (secondary N) is 1. The highest BCUT2D eigenvalue weighted by atomic mass is 32.2. The molecule has 4 N–H and O–H groups in total. The molecule has 0 saturated heterocycles. The van der Waals surface area contributed by atoms with Crippen molar-refractivity contribution in [1.82, 2.24) is 5.32 Å². The van der Waals surface area contributed by atoms with Gasteiger partial charge in [-0.3, -0.25) is 9.59 Å². The summed E-state index contributed by atoms with van der Waals surface area (Å²) in [4.78, 5) is 24.0. The Morgan fingerprint density at radius 3 is 1.97 bits per heavy atom. The van der Waals surface area contributed by atoms with E-state index in [4.69, 9.17) is 10.8 Å². The summed E-state index contributed by atoms with van der Waals surface area (Å²) < 4.78 is 22.6. The van der Waals surface area contributed by atoms with Gasteiger partial charge in [0.15, 0.2) is 15.6 Å². The molecule has 8 heteroatoms. The Balaban J connectivity index is 2.06. The van der Waals surface area contributed by atoms with Gasteiger partial charge < -0.3 is 16.2 Å². The van der Waals surface area contributed by atoms with Gasteiger partial charge in [-0.1, -0.05) is 24.0 Å². The van der Waals surface area contributed by atoms with Gasteiger partial charge in [-0.2, -0.15) is 0 Å². The van der Waals surface area contributed by atoms with E-state index in [-0.39, 0.29) is 5.75 Å². The minimum atomic E-state index is -3.08. The van der Waals surface area contributed by atoms with Crippen LogP contribution in [-0.4, -0.2) is 50.2 Å². The zero-order valence-electron chi connectivity index (χ0n) is 16.8. The lowest BCUT2D eigenvalue weighted by Crippen LogP contribution is -2.52. The molecule has 0 bridgehead atoms. The molecule has 0 unspecified atom stereocenters. The van der Waals surface area contributed by atoms with Gasteiger partial charge in [-0.15, -0.1) is 0 Å². The number of hydrogen-bond donors (Lipinski definition) is 3. The third-order valence-corrected chi connectivity index (χ3v) is 5.05. The second kappa shape index (κ2) is 10.2. The maximum atomic E-state index is 12.3. The van der Waals surface area contributed by atoms with Crippen LogP contribution in [0.25, 0.3) is 0 Å². The quantitative estimate of drug-likeness (QED) is 0.556. The zero-order chi connectivity index (χ0) is 22.3. The minimum Gasteiger partial charge on any atom is -0.388 e. The van der Waals surface area contributed by atoms with Crippen LogP contribution in [0.3, 0.4) is 0 Å². The number of sulfone groups is 1. The van der Waals surface area contributed by atoms with Crippen molar-refractivity contribution < 1.29 is 23.1 Å². The minimum absolute atomic E-state index is 0.0159. The summed E-state index contributed by atoms with van der Waals surface area (Å²) in [5, 5.41) is 11.5. The normalized spacial score (nSPS) is 12.9. The van der Waals surface area contributed by atoms with Crippen molar-refractivity contribution in [3.05, 3.63) is 70.8 Å². The lowest BCUT2D eigenvalue weighted by atomic mass is 10.0. The maximum Gasteiger partial charge on any atom is 0.251 e. The fourth-order valence-corrected chi connectivity index (χ4v) is 3.46. The van der Waals surface area contributed by atoms with Crippen LogP contribution in [-0.2, 0) is 20.4 Å². The van der Waals surface area contributed by atoms with Crippen LogP contribution in [0.2, 0.25) is 0 Å². The Morgan fingerprint density at radius 1 is 1.03 bits per heavy atom. The van der Waals surface area contributed by atoms with Gasteiger partial charge in [-0.25, -0.2) is 8.42 Å². The number of carbonyl (C=O) groups excluding carboxylic acids is 2. The Kier molecular flexibility index (Phi) is 7.89. The summed E-state index contributed by atoms with van der Waals surface area (Å²) in [6.07, 6.45) is 1.19. The first-order valence-corrected chi connectivity index (χ1v) is 11.2. The molecule has 30 heavy (non-hydrogen) atoms. The van der Waals surface area contributed by atoms with E-state index in [9.17, 15) is 18.0 Å². The number of carbonyl (C=O) groups is 2. The maximum absolute atomic E-state index is 12.3. The molecule has 0 saturated carbocycles. The third kappa shape index (κ3) is 7.12. The van der Waals surface area contributed by atoms with Gasteiger partial charge >= 0.3 is 0 Å². The van der Waals surface area contributed by atoms with Gasteiger partial charge in [0, 0.05) is 29.0 Å². The molecule has 1 amide bonds. The van der Waals surface area contributed by atoms with Crippen LogP contribution in [0.5, 0.6) is 0 Å². The van der Waals surface area contributed by atoms with Crippen LogP contribution in [0, 0.1) is 11.8 Å². The van der Waals surface area contributed by atoms with E-state index in [2.05, 4.69) is 17.2 Å². The molecule has 0 aliphatic rings. The monoisotopic (exact) mass is 428 g/mol. The number of amides is 1. The van der Waals surface area contributed by atoms with Crippen LogP contribution >= 0.6 is 0 Å². The molecule has 2 aromatic rings. The molecule has 2 rings (SSSR count). The van der Waals surface area contributed by atoms with E-state index >= 15 is 0 Å². The lowest BCUT2D eigenvalue weighted by Gasteiger charge is -2.20. The predicted molar refractivity (Wildman–Crippen MR) is 114 cm³/mol. The van der Waals surface area contributed by atoms with E-state index < -0.39 is 40.2 Å². The Bertz CT molecular complexity index is 1060. The van der Waals surface area contributed by atoms with Crippen LogP contribution in [0.1, 0.15) is 34.0 Å². The summed E-state index contributed by atoms with van der Waals surface area (Å²) >= 11 is 0. The molecule has 0 spiro atoms. The highest BCUT2D eigenvalue weighted by Gasteiger charge is 2.24. The van der Waals surface area contributed by atoms with Gasteiger partial charge in [0.05, 0.1) is 5.75 Å². The van der Waals surface area contributed by atoms with Crippen LogP contribution in [0.4, 0.5) is 0 Å². The largest absolute Gasteiger partial charge is 0.388 e. The third-order valence-electron chi connectivity index (χ3n) is 4.20. The number of hydrogen-bond acceptors (Lipinski definition) is 6. The van der Waals surface area contributed by atoms with Crippen molar-refractivity contribution in [3.63, 3.8) is 0 Å². The van der Waals surface area contributed by atoms with Crippen molar-refractivity contribution >= 4 is 21.5 Å². The molecule has 2 aromatic carbocycles. The fraction of sp³-hybridized carbons (Fsp3) is 0.273. The van der Waals surface area contributed by atoms with Crippen molar-refractivity contribution in [2.45, 2.75) is 24.8 Å². The number of Topliss-reactive ketones (excluding diaryl/α,β-unsaturated/α-hetero) is 1. The second-order valence-electron chi connectivity index (χ2n) is 7.03. The first kappa shape index (κ1) is 23.3. The number of nitrogens with two attached hydrogens (primary N) is 1. The number of rotatable bonds is 7. The molecule has 0 heterocycles.